The van der Waals surface area contributed by atoms with E-state index in [-0.39, 0.29) is 6.04 Å². The van der Waals surface area contributed by atoms with Crippen molar-refractivity contribution in [1.82, 2.24) is 10.0 Å². The SMILES string of the molecule is COC(=O)C1C(c2ccccc2)N1N1C(=O)c2ccccc2C1=O. The van der Waals surface area contributed by atoms with Crippen LogP contribution in [0.3, 0.4) is 0 Å². The number of ether oxygens (including phenoxy) is 1. The molecule has 0 N–H and O–H groups in total. The molecule has 24 heavy (non-hydrogen) atoms. The number of rotatable bonds is 3. The second-order valence-electron chi connectivity index (χ2n) is 5.67. The predicted molar refractivity (Wildman–Crippen MR) is 83.8 cm³/mol. The van der Waals surface area contributed by atoms with Crippen molar-refractivity contribution in [1.29, 1.82) is 0 Å². The van der Waals surface area contributed by atoms with E-state index in [0.29, 0.717) is 11.1 Å². The van der Waals surface area contributed by atoms with E-state index in [1.807, 2.05) is 30.3 Å². The second kappa shape index (κ2) is 5.28. The summed E-state index contributed by atoms with van der Waals surface area (Å²) in [5.41, 5.74) is 1.55. The van der Waals surface area contributed by atoms with E-state index >= 15 is 0 Å². The quantitative estimate of drug-likeness (QED) is 0.490. The van der Waals surface area contributed by atoms with Crippen molar-refractivity contribution in [2.75, 3.05) is 7.11 Å². The van der Waals surface area contributed by atoms with Gasteiger partial charge in [-0.15, -0.1) is 0 Å². The van der Waals surface area contributed by atoms with E-state index in [9.17, 15) is 14.4 Å². The maximum absolute atomic E-state index is 12.6. The summed E-state index contributed by atoms with van der Waals surface area (Å²) >= 11 is 0. The zero-order valence-corrected chi connectivity index (χ0v) is 12.9. The maximum atomic E-state index is 12.6. The fourth-order valence-corrected chi connectivity index (χ4v) is 3.20. The van der Waals surface area contributed by atoms with E-state index in [1.54, 1.807) is 24.3 Å². The number of carbonyl (C=O) groups excluding carboxylic acids is 3. The van der Waals surface area contributed by atoms with Gasteiger partial charge in [0, 0.05) is 0 Å². The summed E-state index contributed by atoms with van der Waals surface area (Å²) in [6.45, 7) is 0. The van der Waals surface area contributed by atoms with Crippen LogP contribution in [0.25, 0.3) is 0 Å². The average molecular weight is 322 g/mol. The largest absolute Gasteiger partial charge is 0.468 e. The lowest BCUT2D eigenvalue weighted by Gasteiger charge is -2.16. The highest BCUT2D eigenvalue weighted by atomic mass is 16.5. The molecule has 0 aliphatic carbocycles. The van der Waals surface area contributed by atoms with Crippen molar-refractivity contribution in [3.63, 3.8) is 0 Å². The molecule has 6 nitrogen and oxygen atoms in total. The summed E-state index contributed by atoms with van der Waals surface area (Å²) < 4.78 is 4.83. The summed E-state index contributed by atoms with van der Waals surface area (Å²) in [4.78, 5) is 37.4. The lowest BCUT2D eigenvalue weighted by molar-refractivity contribution is -0.141. The van der Waals surface area contributed by atoms with Crippen LogP contribution in [-0.4, -0.2) is 41.0 Å². The smallest absolute Gasteiger partial charge is 0.327 e. The maximum Gasteiger partial charge on any atom is 0.327 e. The van der Waals surface area contributed by atoms with Crippen LogP contribution >= 0.6 is 0 Å². The molecular weight excluding hydrogens is 308 g/mol. The number of hydrazine groups is 1. The van der Waals surface area contributed by atoms with Gasteiger partial charge in [-0.1, -0.05) is 42.5 Å². The zero-order chi connectivity index (χ0) is 16.8. The van der Waals surface area contributed by atoms with Crippen molar-refractivity contribution in [2.45, 2.75) is 12.1 Å². The lowest BCUT2D eigenvalue weighted by Crippen LogP contribution is -2.37. The van der Waals surface area contributed by atoms with Crippen LogP contribution in [0.2, 0.25) is 0 Å². The van der Waals surface area contributed by atoms with Gasteiger partial charge in [-0.05, 0) is 17.7 Å². The highest BCUT2D eigenvalue weighted by Gasteiger charge is 2.61. The Kier molecular flexibility index (Phi) is 3.21. The fraction of sp³-hybridized carbons (Fsp3) is 0.167. The molecule has 1 saturated heterocycles. The molecule has 2 aromatic carbocycles. The molecule has 0 saturated carbocycles. The molecule has 0 radical (unpaired) electrons. The van der Waals surface area contributed by atoms with Crippen molar-refractivity contribution in [3.8, 4) is 0 Å². The Morgan fingerprint density at radius 3 is 2.00 bits per heavy atom. The van der Waals surface area contributed by atoms with Crippen LogP contribution in [-0.2, 0) is 9.53 Å². The number of imide groups is 1. The van der Waals surface area contributed by atoms with Crippen molar-refractivity contribution in [2.24, 2.45) is 0 Å². The third-order valence-electron chi connectivity index (χ3n) is 4.37. The first-order valence-electron chi connectivity index (χ1n) is 7.54. The number of amides is 2. The molecule has 2 amide bonds. The Hall–Kier alpha value is -2.99. The van der Waals surface area contributed by atoms with Gasteiger partial charge in [0.05, 0.1) is 24.3 Å². The number of benzene rings is 2. The second-order valence-corrected chi connectivity index (χ2v) is 5.67. The van der Waals surface area contributed by atoms with Crippen LogP contribution in [0.4, 0.5) is 0 Å². The lowest BCUT2D eigenvalue weighted by atomic mass is 10.1. The van der Waals surface area contributed by atoms with Gasteiger partial charge in [-0.3, -0.25) is 14.4 Å². The van der Waals surface area contributed by atoms with Crippen LogP contribution in [0.5, 0.6) is 0 Å². The minimum Gasteiger partial charge on any atom is -0.468 e. The molecule has 3 atom stereocenters. The van der Waals surface area contributed by atoms with Crippen LogP contribution < -0.4 is 0 Å². The normalized spacial score (nSPS) is 24.7. The van der Waals surface area contributed by atoms with Gasteiger partial charge in [-0.25, -0.2) is 5.01 Å². The Morgan fingerprint density at radius 2 is 1.46 bits per heavy atom. The van der Waals surface area contributed by atoms with Gasteiger partial charge in [0.25, 0.3) is 11.8 Å². The minimum atomic E-state index is -0.681. The molecule has 3 unspecified atom stereocenters. The summed E-state index contributed by atoms with van der Waals surface area (Å²) in [5, 5.41) is 2.55. The summed E-state index contributed by atoms with van der Waals surface area (Å²) in [6, 6.07) is 14.9. The topological polar surface area (TPSA) is 66.7 Å². The van der Waals surface area contributed by atoms with Crippen LogP contribution in [0, 0.1) is 0 Å². The van der Waals surface area contributed by atoms with Gasteiger partial charge in [0.1, 0.15) is 6.04 Å². The van der Waals surface area contributed by atoms with E-state index < -0.39 is 23.8 Å². The van der Waals surface area contributed by atoms with Gasteiger partial charge in [0.2, 0.25) is 0 Å². The van der Waals surface area contributed by atoms with E-state index in [0.717, 1.165) is 10.6 Å². The molecule has 120 valence electrons. The zero-order valence-electron chi connectivity index (χ0n) is 12.9. The first-order valence-corrected chi connectivity index (χ1v) is 7.54. The Labute approximate surface area is 138 Å². The van der Waals surface area contributed by atoms with Gasteiger partial charge >= 0.3 is 5.97 Å². The Morgan fingerprint density at radius 1 is 0.917 bits per heavy atom. The molecule has 1 fully saturated rings. The minimum absolute atomic E-state index is 0.352. The van der Waals surface area contributed by atoms with E-state index in [1.165, 1.54) is 12.1 Å². The molecule has 2 aliphatic heterocycles. The number of fused-ring (bicyclic) bond motifs is 1. The number of hydrogen-bond donors (Lipinski definition) is 0. The molecule has 4 rings (SSSR count). The van der Waals surface area contributed by atoms with Gasteiger partial charge in [-0.2, -0.15) is 5.01 Å². The number of nitrogens with zero attached hydrogens (tertiary/aromatic N) is 2. The fourth-order valence-electron chi connectivity index (χ4n) is 3.20. The van der Waals surface area contributed by atoms with Gasteiger partial charge < -0.3 is 4.74 Å². The number of carbonyl (C=O) groups is 3. The van der Waals surface area contributed by atoms with Crippen molar-refractivity contribution in [3.05, 3.63) is 71.3 Å². The molecule has 0 bridgehead atoms. The van der Waals surface area contributed by atoms with E-state index in [2.05, 4.69) is 0 Å². The number of esters is 1. The predicted octanol–water partition coefficient (Wildman–Crippen LogP) is 1.80. The van der Waals surface area contributed by atoms with Crippen LogP contribution in [0.15, 0.2) is 54.6 Å². The first-order chi connectivity index (χ1) is 11.6. The highest BCUT2D eigenvalue weighted by Crippen LogP contribution is 2.47. The molecule has 2 aromatic rings. The summed E-state index contributed by atoms with van der Waals surface area (Å²) in [6.07, 6.45) is 0. The standard InChI is InChI=1S/C18H14N2O4/c1-24-18(23)15-14(11-7-3-2-4-8-11)19(15)20-16(21)12-9-5-6-10-13(12)17(20)22/h2-10,14-15H,1H3. The number of methoxy groups -OCH3 is 1. The Bertz CT molecular complexity index is 814. The third-order valence-corrected chi connectivity index (χ3v) is 4.37. The Balaban J connectivity index is 1.72. The van der Waals surface area contributed by atoms with Crippen molar-refractivity contribution < 1.29 is 19.1 Å². The molecule has 0 aromatic heterocycles. The molecule has 2 heterocycles. The van der Waals surface area contributed by atoms with Crippen LogP contribution in [0.1, 0.15) is 32.3 Å². The van der Waals surface area contributed by atoms with Gasteiger partial charge in [0.15, 0.2) is 0 Å². The molecule has 2 aliphatic rings. The first kappa shape index (κ1) is 14.6. The monoisotopic (exact) mass is 322 g/mol. The third kappa shape index (κ3) is 1.97. The summed E-state index contributed by atoms with van der Waals surface area (Å²) in [5.74, 6) is -1.30. The number of hydrogen-bond acceptors (Lipinski definition) is 5. The average Bonchev–Trinajstić information content (AvgIpc) is 3.31. The highest BCUT2D eigenvalue weighted by molar-refractivity contribution is 6.21. The molecular formula is C18H14N2O4. The van der Waals surface area contributed by atoms with Crippen molar-refractivity contribution >= 4 is 17.8 Å². The van der Waals surface area contributed by atoms with E-state index in [4.69, 9.17) is 4.74 Å². The molecule has 0 spiro atoms. The molecule has 6 heteroatoms. The summed E-state index contributed by atoms with van der Waals surface area (Å²) in [7, 11) is 1.29.